The predicted octanol–water partition coefficient (Wildman–Crippen LogP) is 3.60. The number of para-hydroxylation sites is 1. The number of anilines is 1. The molecule has 1 aliphatic rings. The Hall–Kier alpha value is -3.67. The number of rotatable bonds is 2. The summed E-state index contributed by atoms with van der Waals surface area (Å²) < 4.78 is 0. The van der Waals surface area contributed by atoms with Gasteiger partial charge >= 0.3 is 0 Å². The summed E-state index contributed by atoms with van der Waals surface area (Å²) in [7, 11) is 0. The van der Waals surface area contributed by atoms with Gasteiger partial charge < -0.3 is 10.4 Å². The Morgan fingerprint density at radius 1 is 0.963 bits per heavy atom. The molecule has 1 amide bonds. The lowest BCUT2D eigenvalue weighted by atomic mass is 9.84. The number of fused-ring (bicyclic) bond motifs is 3. The van der Waals surface area contributed by atoms with Gasteiger partial charge in [0.1, 0.15) is 16.8 Å². The molecule has 132 valence electrons. The van der Waals surface area contributed by atoms with E-state index in [0.717, 1.165) is 33.5 Å². The minimum absolute atomic E-state index is 0.0321. The molecule has 0 aliphatic carbocycles. The number of phenolic OH excluding ortho intramolecular Hbond substituents is 1. The van der Waals surface area contributed by atoms with Crippen molar-refractivity contribution in [1.29, 1.82) is 0 Å². The van der Waals surface area contributed by atoms with E-state index in [4.69, 9.17) is 5.10 Å². The maximum Gasteiger partial charge on any atom is 0.225 e. The number of carbonyl (C=O) groups is 1. The molecule has 0 bridgehead atoms. The number of aromatic nitrogens is 3. The number of carbonyl (C=O) groups excluding carboxylic acids is 1. The third kappa shape index (κ3) is 2.62. The van der Waals surface area contributed by atoms with E-state index in [2.05, 4.69) is 10.4 Å². The largest absolute Gasteiger partial charge is 0.508 e. The zero-order chi connectivity index (χ0) is 18.4. The number of amides is 1. The van der Waals surface area contributed by atoms with Crippen LogP contribution in [0.2, 0.25) is 0 Å². The third-order valence-corrected chi connectivity index (χ3v) is 4.89. The fourth-order valence-electron chi connectivity index (χ4n) is 3.62. The van der Waals surface area contributed by atoms with Crippen LogP contribution < -0.4 is 5.32 Å². The van der Waals surface area contributed by atoms with Crippen LogP contribution in [0.3, 0.4) is 0 Å². The van der Waals surface area contributed by atoms with E-state index in [1.807, 2.05) is 54.6 Å². The average Bonchev–Trinajstić information content (AvgIpc) is 3.13. The van der Waals surface area contributed by atoms with Gasteiger partial charge in [-0.05, 0) is 42.0 Å². The highest BCUT2D eigenvalue weighted by molar-refractivity contribution is 5.99. The summed E-state index contributed by atoms with van der Waals surface area (Å²) in [5.41, 5.74) is 5.11. The highest BCUT2D eigenvalue weighted by Gasteiger charge is 2.30. The zero-order valence-electron chi connectivity index (χ0n) is 14.3. The minimum atomic E-state index is -0.140. The molecule has 6 nitrogen and oxygen atoms in total. The fourth-order valence-corrected chi connectivity index (χ4v) is 3.62. The predicted molar refractivity (Wildman–Crippen MR) is 102 cm³/mol. The first-order chi connectivity index (χ1) is 13.2. The summed E-state index contributed by atoms with van der Waals surface area (Å²) in [5, 5.41) is 21.9. The van der Waals surface area contributed by atoms with Crippen molar-refractivity contribution in [2.45, 2.75) is 12.3 Å². The van der Waals surface area contributed by atoms with E-state index in [-0.39, 0.29) is 17.6 Å². The van der Waals surface area contributed by atoms with Crippen LogP contribution in [0.4, 0.5) is 5.69 Å². The second-order valence-corrected chi connectivity index (χ2v) is 6.62. The van der Waals surface area contributed by atoms with Crippen LogP contribution in [0, 0.1) is 0 Å². The van der Waals surface area contributed by atoms with E-state index < -0.39 is 0 Å². The monoisotopic (exact) mass is 356 g/mol. The number of nitrogens with one attached hydrogen (secondary N) is 1. The minimum Gasteiger partial charge on any atom is -0.508 e. The van der Waals surface area contributed by atoms with E-state index in [9.17, 15) is 9.90 Å². The Labute approximate surface area is 155 Å². The quantitative estimate of drug-likeness (QED) is 0.575. The van der Waals surface area contributed by atoms with Gasteiger partial charge in [0.15, 0.2) is 0 Å². The zero-order valence-corrected chi connectivity index (χ0v) is 14.3. The molecule has 3 aromatic carbocycles. The van der Waals surface area contributed by atoms with Gasteiger partial charge in [-0.15, -0.1) is 10.2 Å². The van der Waals surface area contributed by atoms with Crippen molar-refractivity contribution in [2.75, 3.05) is 5.32 Å². The maximum atomic E-state index is 12.2. The smallest absolute Gasteiger partial charge is 0.225 e. The maximum absolute atomic E-state index is 12.2. The molecule has 5 rings (SSSR count). The van der Waals surface area contributed by atoms with Crippen molar-refractivity contribution in [3.63, 3.8) is 0 Å². The van der Waals surface area contributed by atoms with Crippen LogP contribution in [0.25, 0.3) is 16.7 Å². The highest BCUT2D eigenvalue weighted by atomic mass is 16.3. The molecule has 0 fully saturated rings. The van der Waals surface area contributed by atoms with E-state index in [0.29, 0.717) is 6.42 Å². The van der Waals surface area contributed by atoms with Crippen LogP contribution >= 0.6 is 0 Å². The number of phenols is 1. The standard InChI is InChI=1S/C21H16N4O2/c26-15-8-6-13(7-9-15)16-12-19(27)22-17-10-11-18-21(20(16)17)24-25(23-18)14-4-2-1-3-5-14/h1-11,16,26H,12H2,(H,22,27). The molecule has 0 spiro atoms. The SMILES string of the molecule is O=C1CC(c2ccc(O)cc2)c2c(ccc3nn(-c4ccccc4)nc23)N1. The van der Waals surface area contributed by atoms with Crippen molar-refractivity contribution in [2.24, 2.45) is 0 Å². The second kappa shape index (κ2) is 5.95. The van der Waals surface area contributed by atoms with Crippen molar-refractivity contribution in [3.8, 4) is 11.4 Å². The molecule has 1 unspecified atom stereocenters. The molecule has 1 atom stereocenters. The van der Waals surface area contributed by atoms with Crippen LogP contribution in [0.15, 0.2) is 66.7 Å². The Morgan fingerprint density at radius 3 is 2.52 bits per heavy atom. The van der Waals surface area contributed by atoms with Gasteiger partial charge in [-0.25, -0.2) is 0 Å². The topological polar surface area (TPSA) is 80.0 Å². The molecule has 1 aromatic heterocycles. The van der Waals surface area contributed by atoms with Gasteiger partial charge in [-0.2, -0.15) is 4.80 Å². The van der Waals surface area contributed by atoms with Gasteiger partial charge in [0.25, 0.3) is 0 Å². The lowest BCUT2D eigenvalue weighted by molar-refractivity contribution is -0.116. The first-order valence-corrected chi connectivity index (χ1v) is 8.73. The van der Waals surface area contributed by atoms with Crippen molar-refractivity contribution in [3.05, 3.63) is 77.9 Å². The van der Waals surface area contributed by atoms with Crippen molar-refractivity contribution >= 4 is 22.6 Å². The summed E-state index contributed by atoms with van der Waals surface area (Å²) in [5.74, 6) is 0.0295. The molecular formula is C21H16N4O2. The highest BCUT2D eigenvalue weighted by Crippen LogP contribution is 2.41. The Balaban J connectivity index is 1.71. The molecule has 2 heterocycles. The van der Waals surface area contributed by atoms with Crippen LogP contribution in [0.5, 0.6) is 5.75 Å². The second-order valence-electron chi connectivity index (χ2n) is 6.62. The summed E-state index contributed by atoms with van der Waals surface area (Å²) >= 11 is 0. The van der Waals surface area contributed by atoms with E-state index in [1.165, 1.54) is 0 Å². The molecule has 0 saturated carbocycles. The molecule has 0 saturated heterocycles. The number of hydrogen-bond acceptors (Lipinski definition) is 4. The lowest BCUT2D eigenvalue weighted by Crippen LogP contribution is -2.23. The molecule has 27 heavy (non-hydrogen) atoms. The van der Waals surface area contributed by atoms with Gasteiger partial charge in [0.05, 0.1) is 5.69 Å². The van der Waals surface area contributed by atoms with E-state index >= 15 is 0 Å². The normalized spacial score (nSPS) is 16.1. The van der Waals surface area contributed by atoms with Crippen molar-refractivity contribution in [1.82, 2.24) is 15.0 Å². The first-order valence-electron chi connectivity index (χ1n) is 8.73. The van der Waals surface area contributed by atoms with Crippen molar-refractivity contribution < 1.29 is 9.90 Å². The number of benzene rings is 3. The Kier molecular flexibility index (Phi) is 3.43. The first kappa shape index (κ1) is 15.6. The Bertz CT molecular complexity index is 1150. The Morgan fingerprint density at radius 2 is 1.74 bits per heavy atom. The third-order valence-electron chi connectivity index (χ3n) is 4.89. The van der Waals surface area contributed by atoms with E-state index in [1.54, 1.807) is 16.9 Å². The number of nitrogens with zero attached hydrogens (tertiary/aromatic N) is 3. The van der Waals surface area contributed by atoms with Gasteiger partial charge in [-0.3, -0.25) is 4.79 Å². The number of hydrogen-bond donors (Lipinski definition) is 2. The van der Waals surface area contributed by atoms with Gasteiger partial charge in [-0.1, -0.05) is 30.3 Å². The molecule has 0 radical (unpaired) electrons. The summed E-state index contributed by atoms with van der Waals surface area (Å²) in [6, 6.07) is 20.5. The molecular weight excluding hydrogens is 340 g/mol. The molecule has 1 aliphatic heterocycles. The summed E-state index contributed by atoms with van der Waals surface area (Å²) in [6.07, 6.45) is 0.328. The van der Waals surface area contributed by atoms with Crippen LogP contribution in [-0.4, -0.2) is 26.0 Å². The van der Waals surface area contributed by atoms with Gasteiger partial charge in [0, 0.05) is 23.6 Å². The van der Waals surface area contributed by atoms with Gasteiger partial charge in [0.2, 0.25) is 5.91 Å². The fraction of sp³-hybridized carbons (Fsp3) is 0.0952. The van der Waals surface area contributed by atoms with Crippen LogP contribution in [0.1, 0.15) is 23.5 Å². The average molecular weight is 356 g/mol. The molecule has 2 N–H and O–H groups in total. The van der Waals surface area contributed by atoms with Crippen LogP contribution in [-0.2, 0) is 4.79 Å². The molecule has 6 heteroatoms. The summed E-state index contributed by atoms with van der Waals surface area (Å²) in [6.45, 7) is 0. The summed E-state index contributed by atoms with van der Waals surface area (Å²) in [4.78, 5) is 13.9. The number of aromatic hydroxyl groups is 1. The molecule has 4 aromatic rings. The lowest BCUT2D eigenvalue weighted by Gasteiger charge is -2.26.